The lowest BCUT2D eigenvalue weighted by Crippen LogP contribution is -2.45. The van der Waals surface area contributed by atoms with Gasteiger partial charge in [-0.05, 0) is 38.5 Å². The Balaban J connectivity index is 2.07. The first-order valence-corrected chi connectivity index (χ1v) is 9.04. The minimum absolute atomic E-state index is 0.294. The van der Waals surface area contributed by atoms with E-state index in [1.165, 1.54) is 4.31 Å². The van der Waals surface area contributed by atoms with Crippen LogP contribution in [0.2, 0.25) is 0 Å². The number of hydrogen-bond donors (Lipinski definition) is 0. The van der Waals surface area contributed by atoms with Gasteiger partial charge in [0.1, 0.15) is 0 Å². The van der Waals surface area contributed by atoms with Crippen LogP contribution in [0.25, 0.3) is 0 Å². The van der Waals surface area contributed by atoms with Gasteiger partial charge in [-0.2, -0.15) is 4.31 Å². The fourth-order valence-electron chi connectivity index (χ4n) is 2.86. The summed E-state index contributed by atoms with van der Waals surface area (Å²) in [6.45, 7) is 6.08. The molecule has 1 saturated heterocycles. The van der Waals surface area contributed by atoms with Crippen molar-refractivity contribution in [3.05, 3.63) is 65.7 Å². The predicted octanol–water partition coefficient (Wildman–Crippen LogP) is 3.49. The maximum Gasteiger partial charge on any atom is 0.246 e. The molecule has 1 aliphatic rings. The summed E-state index contributed by atoms with van der Waals surface area (Å²) in [5.74, 6) is 0. The summed E-state index contributed by atoms with van der Waals surface area (Å²) in [5.41, 5.74) is 1.26. The molecular formula is C18H21NO3S. The Labute approximate surface area is 137 Å². The molecule has 0 amide bonds. The quantitative estimate of drug-likeness (QED) is 0.865. The van der Waals surface area contributed by atoms with Crippen molar-refractivity contribution in [2.24, 2.45) is 0 Å². The van der Waals surface area contributed by atoms with Gasteiger partial charge in [0.05, 0.1) is 17.0 Å². The highest BCUT2D eigenvalue weighted by molar-refractivity contribution is 7.89. The maximum atomic E-state index is 13.2. The smallest absolute Gasteiger partial charge is 0.246 e. The molecule has 0 aromatic heterocycles. The highest BCUT2D eigenvalue weighted by Crippen LogP contribution is 2.41. The van der Waals surface area contributed by atoms with Gasteiger partial charge < -0.3 is 4.74 Å². The molecule has 0 saturated carbocycles. The lowest BCUT2D eigenvalue weighted by Gasteiger charge is -2.32. The molecule has 4 nitrogen and oxygen atoms in total. The van der Waals surface area contributed by atoms with Gasteiger partial charge in [-0.1, -0.05) is 48.0 Å². The monoisotopic (exact) mass is 331 g/mol. The summed E-state index contributed by atoms with van der Waals surface area (Å²) in [6.07, 6.45) is -0.600. The Morgan fingerprint density at radius 2 is 1.65 bits per heavy atom. The van der Waals surface area contributed by atoms with Crippen molar-refractivity contribution >= 4 is 10.0 Å². The summed E-state index contributed by atoms with van der Waals surface area (Å²) in [6, 6.07) is 16.4. The molecule has 1 heterocycles. The fourth-order valence-corrected chi connectivity index (χ4v) is 4.70. The molecule has 0 N–H and O–H groups in total. The molecule has 1 aliphatic heterocycles. The van der Waals surface area contributed by atoms with E-state index >= 15 is 0 Å². The van der Waals surface area contributed by atoms with E-state index in [0.717, 1.165) is 11.1 Å². The Bertz CT molecular complexity index is 783. The third kappa shape index (κ3) is 2.92. The predicted molar refractivity (Wildman–Crippen MR) is 89.4 cm³/mol. The summed E-state index contributed by atoms with van der Waals surface area (Å²) in [5, 5.41) is 0. The van der Waals surface area contributed by atoms with Gasteiger partial charge in [-0.15, -0.1) is 0 Å². The summed E-state index contributed by atoms with van der Waals surface area (Å²) >= 11 is 0. The second kappa shape index (κ2) is 5.74. The van der Waals surface area contributed by atoms with Crippen LogP contribution >= 0.6 is 0 Å². The summed E-state index contributed by atoms with van der Waals surface area (Å²) in [4.78, 5) is 0.294. The lowest BCUT2D eigenvalue weighted by molar-refractivity contribution is 0.0677. The van der Waals surface area contributed by atoms with Gasteiger partial charge in [-0.3, -0.25) is 0 Å². The van der Waals surface area contributed by atoms with Gasteiger partial charge in [0.25, 0.3) is 0 Å². The van der Waals surface area contributed by atoms with Crippen LogP contribution in [0, 0.1) is 6.92 Å². The van der Waals surface area contributed by atoms with Crippen LogP contribution in [0.3, 0.4) is 0 Å². The van der Waals surface area contributed by atoms with Gasteiger partial charge >= 0.3 is 0 Å². The molecule has 0 spiro atoms. The second-order valence-corrected chi connectivity index (χ2v) is 8.32. The molecule has 1 atom stereocenters. The molecule has 23 heavy (non-hydrogen) atoms. The van der Waals surface area contributed by atoms with Crippen LogP contribution in [0.1, 0.15) is 31.2 Å². The number of nitrogens with zero attached hydrogens (tertiary/aromatic N) is 1. The summed E-state index contributed by atoms with van der Waals surface area (Å²) in [7, 11) is -3.65. The highest BCUT2D eigenvalue weighted by Gasteiger charge is 2.48. The van der Waals surface area contributed by atoms with E-state index in [1.807, 2.05) is 63.2 Å². The number of rotatable bonds is 3. The maximum absolute atomic E-state index is 13.2. The molecule has 0 unspecified atom stereocenters. The van der Waals surface area contributed by atoms with Gasteiger partial charge in [0.2, 0.25) is 10.0 Å². The number of aryl methyl sites for hydroxylation is 1. The van der Waals surface area contributed by atoms with E-state index in [1.54, 1.807) is 12.1 Å². The second-order valence-electron chi connectivity index (χ2n) is 6.50. The van der Waals surface area contributed by atoms with Crippen molar-refractivity contribution in [2.45, 2.75) is 37.4 Å². The molecule has 3 rings (SSSR count). The number of benzene rings is 2. The van der Waals surface area contributed by atoms with E-state index in [9.17, 15) is 8.42 Å². The van der Waals surface area contributed by atoms with Crippen LogP contribution in [0.4, 0.5) is 0 Å². The first-order chi connectivity index (χ1) is 10.8. The van der Waals surface area contributed by atoms with Crippen molar-refractivity contribution in [3.8, 4) is 0 Å². The average Bonchev–Trinajstić information content (AvgIpc) is 2.85. The largest absolute Gasteiger partial charge is 0.356 e. The highest BCUT2D eigenvalue weighted by atomic mass is 32.2. The normalized spacial score (nSPS) is 21.4. The molecule has 5 heteroatoms. The molecule has 0 radical (unpaired) electrons. The van der Waals surface area contributed by atoms with Crippen LogP contribution in [-0.2, 0) is 14.8 Å². The molecule has 2 aromatic rings. The number of ether oxygens (including phenoxy) is 1. The zero-order valence-corrected chi connectivity index (χ0v) is 14.4. The third-order valence-corrected chi connectivity index (χ3v) is 6.14. The van der Waals surface area contributed by atoms with Crippen molar-refractivity contribution < 1.29 is 13.2 Å². The van der Waals surface area contributed by atoms with Crippen LogP contribution in [0.5, 0.6) is 0 Å². The Kier molecular flexibility index (Phi) is 4.04. The zero-order valence-electron chi connectivity index (χ0n) is 13.6. The Morgan fingerprint density at radius 3 is 2.26 bits per heavy atom. The number of hydrogen-bond acceptors (Lipinski definition) is 3. The van der Waals surface area contributed by atoms with Crippen LogP contribution in [-0.4, -0.2) is 24.9 Å². The molecular weight excluding hydrogens is 310 g/mol. The van der Waals surface area contributed by atoms with Crippen molar-refractivity contribution in [3.63, 3.8) is 0 Å². The molecule has 0 bridgehead atoms. The Hall–Kier alpha value is -1.69. The average molecular weight is 331 g/mol. The van der Waals surface area contributed by atoms with Gasteiger partial charge in [-0.25, -0.2) is 8.42 Å². The van der Waals surface area contributed by atoms with Gasteiger partial charge in [0.15, 0.2) is 6.23 Å². The topological polar surface area (TPSA) is 46.6 Å². The van der Waals surface area contributed by atoms with E-state index in [2.05, 4.69) is 0 Å². The van der Waals surface area contributed by atoms with Gasteiger partial charge in [0, 0.05) is 0 Å². The van der Waals surface area contributed by atoms with Crippen LogP contribution in [0.15, 0.2) is 59.5 Å². The molecule has 1 fully saturated rings. The van der Waals surface area contributed by atoms with E-state index < -0.39 is 21.8 Å². The SMILES string of the molecule is Cc1ccc(S(=O)(=O)N2[C@H](c3ccccc3)OCC2(C)C)cc1. The van der Waals surface area contributed by atoms with Crippen LogP contribution < -0.4 is 0 Å². The first kappa shape index (κ1) is 16.2. The Morgan fingerprint density at radius 1 is 1.04 bits per heavy atom. The van der Waals surface area contributed by atoms with Crippen molar-refractivity contribution in [1.29, 1.82) is 0 Å². The van der Waals surface area contributed by atoms with Crippen molar-refractivity contribution in [2.75, 3.05) is 6.61 Å². The van der Waals surface area contributed by atoms with E-state index in [4.69, 9.17) is 4.74 Å². The standard InChI is InChI=1S/C18H21NO3S/c1-14-9-11-16(12-10-14)23(20,21)19-17(22-13-18(19,2)3)15-7-5-4-6-8-15/h4-12,17H,13H2,1-3H3/t17-/m0/s1. The minimum Gasteiger partial charge on any atom is -0.356 e. The molecule has 2 aromatic carbocycles. The third-order valence-electron chi connectivity index (χ3n) is 4.07. The molecule has 122 valence electrons. The van der Waals surface area contributed by atoms with Crippen molar-refractivity contribution in [1.82, 2.24) is 4.31 Å². The number of sulfonamides is 1. The van der Waals surface area contributed by atoms with E-state index in [-0.39, 0.29) is 0 Å². The lowest BCUT2D eigenvalue weighted by atomic mass is 10.1. The minimum atomic E-state index is -3.65. The first-order valence-electron chi connectivity index (χ1n) is 7.60. The molecule has 0 aliphatic carbocycles. The fraction of sp³-hybridized carbons (Fsp3) is 0.333. The van der Waals surface area contributed by atoms with E-state index in [0.29, 0.717) is 11.5 Å². The summed E-state index contributed by atoms with van der Waals surface area (Å²) < 4.78 is 33.7. The zero-order chi connectivity index (χ0) is 16.7.